The highest BCUT2D eigenvalue weighted by molar-refractivity contribution is 7.89. The Morgan fingerprint density at radius 2 is 1.63 bits per heavy atom. The zero-order valence-electron chi connectivity index (χ0n) is 18.2. The van der Waals surface area contributed by atoms with Crippen LogP contribution in [0.1, 0.15) is 31.9 Å². The summed E-state index contributed by atoms with van der Waals surface area (Å²) in [4.78, 5) is 12.2. The van der Waals surface area contributed by atoms with Crippen molar-refractivity contribution in [1.29, 1.82) is 0 Å². The van der Waals surface area contributed by atoms with Gasteiger partial charge in [-0.2, -0.15) is 0 Å². The fourth-order valence-corrected chi connectivity index (χ4v) is 3.49. The third kappa shape index (κ3) is 6.71. The summed E-state index contributed by atoms with van der Waals surface area (Å²) >= 11 is 0. The van der Waals surface area contributed by atoms with E-state index < -0.39 is 10.0 Å². The minimum Gasteiger partial charge on any atom is -0.492 e. The first-order valence-corrected chi connectivity index (χ1v) is 11.2. The maximum absolute atomic E-state index is 12.0. The van der Waals surface area contributed by atoms with Crippen LogP contribution in [0.15, 0.2) is 59.5 Å². The summed E-state index contributed by atoms with van der Waals surface area (Å²) in [7, 11) is -0.488. The quantitative estimate of drug-likeness (QED) is 0.514. The summed E-state index contributed by atoms with van der Waals surface area (Å²) in [5.74, 6) is 0.336. The second-order valence-corrected chi connectivity index (χ2v) is 10.3. The molecule has 0 aliphatic rings. The second-order valence-electron chi connectivity index (χ2n) is 8.10. The van der Waals surface area contributed by atoms with Gasteiger partial charge in [0.1, 0.15) is 12.4 Å². The fraction of sp³-hybridized carbons (Fsp3) is 0.348. The molecule has 0 atom stereocenters. The van der Waals surface area contributed by atoms with E-state index in [1.165, 1.54) is 37.9 Å². The van der Waals surface area contributed by atoms with Gasteiger partial charge in [0.05, 0.1) is 11.4 Å². The van der Waals surface area contributed by atoms with Gasteiger partial charge < -0.3 is 10.1 Å². The van der Waals surface area contributed by atoms with Crippen molar-refractivity contribution < 1.29 is 17.9 Å². The molecule has 0 aliphatic carbocycles. The Balaban J connectivity index is 1.78. The van der Waals surface area contributed by atoms with Gasteiger partial charge >= 0.3 is 0 Å². The van der Waals surface area contributed by atoms with Gasteiger partial charge in [-0.1, -0.05) is 45.0 Å². The average molecular weight is 431 g/mol. The van der Waals surface area contributed by atoms with Crippen LogP contribution in [0.25, 0.3) is 6.08 Å². The lowest BCUT2D eigenvalue weighted by atomic mass is 9.87. The third-order valence-corrected chi connectivity index (χ3v) is 6.31. The molecule has 6 nitrogen and oxygen atoms in total. The van der Waals surface area contributed by atoms with Crippen molar-refractivity contribution in [1.82, 2.24) is 9.62 Å². The number of hydrogen-bond donors (Lipinski definition) is 1. The lowest BCUT2D eigenvalue weighted by Crippen LogP contribution is -2.26. The van der Waals surface area contributed by atoms with Crippen LogP contribution in [0.5, 0.6) is 5.75 Å². The molecule has 2 aromatic carbocycles. The first-order valence-electron chi connectivity index (χ1n) is 9.72. The van der Waals surface area contributed by atoms with Crippen molar-refractivity contribution in [2.45, 2.75) is 31.1 Å². The van der Waals surface area contributed by atoms with E-state index >= 15 is 0 Å². The minimum atomic E-state index is -3.46. The average Bonchev–Trinajstić information content (AvgIpc) is 2.69. The van der Waals surface area contributed by atoms with Crippen molar-refractivity contribution in [2.75, 3.05) is 27.2 Å². The molecule has 162 valence electrons. The molecule has 0 bridgehead atoms. The fourth-order valence-electron chi connectivity index (χ4n) is 2.59. The molecular formula is C23H30N2O4S. The number of hydrogen-bond acceptors (Lipinski definition) is 4. The van der Waals surface area contributed by atoms with Gasteiger partial charge in [0.25, 0.3) is 0 Å². The summed E-state index contributed by atoms with van der Waals surface area (Å²) in [5, 5.41) is 2.76. The summed E-state index contributed by atoms with van der Waals surface area (Å²) in [6, 6.07) is 14.3. The molecule has 2 rings (SSSR count). The van der Waals surface area contributed by atoms with E-state index in [1.54, 1.807) is 18.2 Å². The molecule has 7 heteroatoms. The number of amides is 1. The molecule has 0 aliphatic heterocycles. The predicted molar refractivity (Wildman–Crippen MR) is 120 cm³/mol. The summed E-state index contributed by atoms with van der Waals surface area (Å²) in [5.41, 5.74) is 2.30. The Hall–Kier alpha value is -2.64. The van der Waals surface area contributed by atoms with Crippen LogP contribution in [-0.4, -0.2) is 45.9 Å². The number of carbonyl (C=O) groups excluding carboxylic acids is 1. The van der Waals surface area contributed by atoms with Crippen LogP contribution in [-0.2, 0) is 20.2 Å². The Morgan fingerprint density at radius 3 is 2.17 bits per heavy atom. The molecule has 1 N–H and O–H groups in total. The van der Waals surface area contributed by atoms with Gasteiger partial charge in [0, 0.05) is 20.2 Å². The lowest BCUT2D eigenvalue weighted by Gasteiger charge is -2.18. The number of sulfonamides is 1. The molecule has 30 heavy (non-hydrogen) atoms. The van der Waals surface area contributed by atoms with E-state index in [2.05, 4.69) is 38.2 Å². The molecule has 0 fully saturated rings. The van der Waals surface area contributed by atoms with Gasteiger partial charge in [-0.3, -0.25) is 4.79 Å². The second kappa shape index (κ2) is 9.91. The topological polar surface area (TPSA) is 75.7 Å². The molecule has 0 unspecified atom stereocenters. The number of nitrogens with zero attached hydrogens (tertiary/aromatic N) is 1. The van der Waals surface area contributed by atoms with Crippen LogP contribution in [0.4, 0.5) is 0 Å². The zero-order chi connectivity index (χ0) is 22.4. The summed E-state index contributed by atoms with van der Waals surface area (Å²) in [6.45, 7) is 7.10. The molecule has 1 amide bonds. The summed E-state index contributed by atoms with van der Waals surface area (Å²) < 4.78 is 30.8. The zero-order valence-corrected chi connectivity index (χ0v) is 19.0. The molecule has 0 radical (unpaired) electrons. The highest BCUT2D eigenvalue weighted by Crippen LogP contribution is 2.22. The van der Waals surface area contributed by atoms with Crippen molar-refractivity contribution >= 4 is 22.0 Å². The van der Waals surface area contributed by atoms with E-state index in [9.17, 15) is 13.2 Å². The number of carbonyl (C=O) groups is 1. The number of rotatable bonds is 8. The van der Waals surface area contributed by atoms with E-state index in [1.807, 2.05) is 12.1 Å². The minimum absolute atomic E-state index is 0.0978. The number of nitrogens with one attached hydrogen (secondary N) is 1. The highest BCUT2D eigenvalue weighted by atomic mass is 32.2. The maximum Gasteiger partial charge on any atom is 0.244 e. The van der Waals surface area contributed by atoms with Crippen molar-refractivity contribution in [3.05, 3.63) is 65.7 Å². The van der Waals surface area contributed by atoms with Gasteiger partial charge in [-0.05, 0) is 46.9 Å². The van der Waals surface area contributed by atoms with E-state index in [0.29, 0.717) is 12.3 Å². The Kier molecular flexibility index (Phi) is 7.81. The van der Waals surface area contributed by atoms with Crippen LogP contribution in [0.3, 0.4) is 0 Å². The van der Waals surface area contributed by atoms with Crippen LogP contribution < -0.4 is 10.1 Å². The monoisotopic (exact) mass is 430 g/mol. The number of benzene rings is 2. The lowest BCUT2D eigenvalue weighted by molar-refractivity contribution is -0.116. The van der Waals surface area contributed by atoms with Crippen molar-refractivity contribution in [3.8, 4) is 5.75 Å². The standard InChI is InChI=1S/C23H30N2O4S/c1-23(2,3)19-9-6-18(7-10-19)8-15-22(26)24-16-17-29-20-11-13-21(14-12-20)30(27,28)25(4)5/h6-15H,16-17H2,1-5H3,(H,24,26)/b15-8+. The van der Waals surface area contributed by atoms with Gasteiger partial charge in [-0.25, -0.2) is 12.7 Å². The molecule has 2 aromatic rings. The maximum atomic E-state index is 12.0. The van der Waals surface area contributed by atoms with Crippen LogP contribution >= 0.6 is 0 Å². The molecule has 0 saturated carbocycles. The molecule has 0 heterocycles. The van der Waals surface area contributed by atoms with Crippen molar-refractivity contribution in [2.24, 2.45) is 0 Å². The van der Waals surface area contributed by atoms with E-state index in [-0.39, 0.29) is 22.8 Å². The Labute approximate surface area is 179 Å². The van der Waals surface area contributed by atoms with Crippen molar-refractivity contribution in [3.63, 3.8) is 0 Å². The molecule has 0 spiro atoms. The first-order chi connectivity index (χ1) is 14.0. The third-order valence-electron chi connectivity index (χ3n) is 4.48. The summed E-state index contributed by atoms with van der Waals surface area (Å²) in [6.07, 6.45) is 3.26. The first kappa shape index (κ1) is 23.6. The Morgan fingerprint density at radius 1 is 1.03 bits per heavy atom. The largest absolute Gasteiger partial charge is 0.492 e. The highest BCUT2D eigenvalue weighted by Gasteiger charge is 2.16. The van der Waals surface area contributed by atoms with Gasteiger partial charge in [-0.15, -0.1) is 0 Å². The van der Waals surface area contributed by atoms with E-state index in [0.717, 1.165) is 9.87 Å². The predicted octanol–water partition coefficient (Wildman–Crippen LogP) is 3.44. The normalized spacial score (nSPS) is 12.3. The molecule has 0 saturated heterocycles. The van der Waals surface area contributed by atoms with E-state index in [4.69, 9.17) is 4.74 Å². The van der Waals surface area contributed by atoms with Crippen LogP contribution in [0.2, 0.25) is 0 Å². The van der Waals surface area contributed by atoms with Gasteiger partial charge in [0.15, 0.2) is 0 Å². The smallest absolute Gasteiger partial charge is 0.244 e. The molecular weight excluding hydrogens is 400 g/mol. The Bertz CT molecular complexity index is 971. The van der Waals surface area contributed by atoms with Crippen LogP contribution in [0, 0.1) is 0 Å². The van der Waals surface area contributed by atoms with Gasteiger partial charge in [0.2, 0.25) is 15.9 Å². The SMILES string of the molecule is CN(C)S(=O)(=O)c1ccc(OCCNC(=O)/C=C/c2ccc(C(C)(C)C)cc2)cc1. The molecule has 0 aromatic heterocycles. The number of ether oxygens (including phenoxy) is 1.